The number of aromatic nitrogens is 1. The van der Waals surface area contributed by atoms with Gasteiger partial charge in [0.2, 0.25) is 5.56 Å². The van der Waals surface area contributed by atoms with Gasteiger partial charge in [0.05, 0.1) is 29.8 Å². The largest absolute Gasteiger partial charge is 0.506 e. The number of ether oxygens (including phenoxy) is 3. The van der Waals surface area contributed by atoms with Crippen molar-refractivity contribution in [1.82, 2.24) is 25.4 Å². The summed E-state index contributed by atoms with van der Waals surface area (Å²) in [6.45, 7) is 4.35. The van der Waals surface area contributed by atoms with E-state index in [-0.39, 0.29) is 55.1 Å². The highest BCUT2D eigenvalue weighted by Gasteiger charge is 2.37. The first-order valence-corrected chi connectivity index (χ1v) is 22.5. The van der Waals surface area contributed by atoms with Crippen molar-refractivity contribution >= 4 is 28.9 Å². The van der Waals surface area contributed by atoms with Crippen LogP contribution in [0.2, 0.25) is 0 Å². The number of amides is 2. The molecular formula is C52H55N5O9. The van der Waals surface area contributed by atoms with Gasteiger partial charge in [0, 0.05) is 36.7 Å². The van der Waals surface area contributed by atoms with E-state index in [2.05, 4.69) is 20.5 Å². The number of hydrogen-bond acceptors (Lipinski definition) is 11. The van der Waals surface area contributed by atoms with Crippen molar-refractivity contribution in [3.8, 4) is 11.5 Å². The zero-order valence-corrected chi connectivity index (χ0v) is 36.6. The monoisotopic (exact) mass is 893 g/mol. The molecule has 5 aromatic carbocycles. The molecule has 0 aliphatic carbocycles. The van der Waals surface area contributed by atoms with Crippen LogP contribution in [0.4, 0.5) is 4.79 Å². The minimum Gasteiger partial charge on any atom is -0.506 e. The SMILES string of the molecule is O=C(NC(c1ccccc1)c1cccc(OCc2ccc(C(=O)OCCN(CCCNC[C@@H](O)c3ccc(O)c4[nH]c(=O)ccc34)C(=O)c3ccccc3)cc2)c1)O[C@H]1CN2CCC1CC2. The number of phenols is 1. The fraction of sp³-hybridized carbons (Fsp3) is 0.308. The van der Waals surface area contributed by atoms with E-state index in [4.69, 9.17) is 14.2 Å². The van der Waals surface area contributed by atoms with E-state index < -0.39 is 24.2 Å². The first-order chi connectivity index (χ1) is 32.2. The molecule has 2 bridgehead atoms. The molecule has 3 aliphatic rings. The standard InChI is InChI=1S/C52H55N5O9/c58-44-21-19-42(43-20-22-47(60)54-49(43)44)45(59)32-53-25-8-26-57(50(61)38-11-5-2-6-12-38)29-30-64-51(62)39-17-15-35(16-18-39)34-65-41-14-7-13-40(31-41)48(37-9-3-1-4-10-37)55-52(63)66-46-33-56-27-23-36(46)24-28-56/h1-7,9-22,31,36,45-46,48,53,58-59H,8,23-30,32-34H2,(H,54,60)(H,55,63)/t45-,46+,48?/m1/s1. The van der Waals surface area contributed by atoms with Crippen LogP contribution in [0.5, 0.6) is 11.5 Å². The number of benzene rings is 5. The molecule has 2 amide bonds. The summed E-state index contributed by atoms with van der Waals surface area (Å²) in [6, 6.07) is 38.8. The molecule has 342 valence electrons. The number of aliphatic hydroxyl groups is 1. The molecule has 9 rings (SSSR count). The van der Waals surface area contributed by atoms with Crippen LogP contribution >= 0.6 is 0 Å². The normalized spacial score (nSPS) is 17.4. The van der Waals surface area contributed by atoms with Gasteiger partial charge in [-0.3, -0.25) is 14.5 Å². The highest BCUT2D eigenvalue weighted by molar-refractivity contribution is 5.94. The van der Waals surface area contributed by atoms with Gasteiger partial charge in [-0.05, 0) is 116 Å². The Labute approximate surface area is 383 Å². The lowest BCUT2D eigenvalue weighted by molar-refractivity contribution is -0.0336. The van der Waals surface area contributed by atoms with Crippen molar-refractivity contribution < 1.29 is 38.8 Å². The van der Waals surface area contributed by atoms with Gasteiger partial charge in [-0.2, -0.15) is 0 Å². The second-order valence-corrected chi connectivity index (χ2v) is 16.8. The van der Waals surface area contributed by atoms with Crippen LogP contribution in [-0.2, 0) is 16.1 Å². The van der Waals surface area contributed by atoms with Crippen LogP contribution in [0.25, 0.3) is 10.9 Å². The number of fused-ring (bicyclic) bond motifs is 4. The van der Waals surface area contributed by atoms with E-state index >= 15 is 0 Å². The molecule has 3 atom stereocenters. The molecule has 4 heterocycles. The third kappa shape index (κ3) is 11.6. The van der Waals surface area contributed by atoms with Gasteiger partial charge in [-0.25, -0.2) is 9.59 Å². The fourth-order valence-electron chi connectivity index (χ4n) is 8.73. The molecule has 0 radical (unpaired) electrons. The number of aliphatic hydroxyl groups excluding tert-OH is 1. The van der Waals surface area contributed by atoms with E-state index in [9.17, 15) is 29.4 Å². The lowest BCUT2D eigenvalue weighted by atomic mass is 9.86. The summed E-state index contributed by atoms with van der Waals surface area (Å²) in [5, 5.41) is 28.0. The van der Waals surface area contributed by atoms with Gasteiger partial charge >= 0.3 is 12.1 Å². The number of carbonyl (C=O) groups is 3. The average molecular weight is 894 g/mol. The number of aromatic amines is 1. The summed E-state index contributed by atoms with van der Waals surface area (Å²) in [7, 11) is 0. The Hall–Kier alpha value is -7.00. The minimum absolute atomic E-state index is 0.0168. The van der Waals surface area contributed by atoms with Gasteiger partial charge in [-0.1, -0.05) is 78.9 Å². The Balaban J connectivity index is 0.815. The Morgan fingerprint density at radius 3 is 2.30 bits per heavy atom. The number of rotatable bonds is 19. The molecule has 0 spiro atoms. The molecule has 5 N–H and O–H groups in total. The van der Waals surface area contributed by atoms with Crippen LogP contribution < -0.4 is 20.9 Å². The van der Waals surface area contributed by atoms with E-state index in [0.29, 0.717) is 53.3 Å². The third-order valence-corrected chi connectivity index (χ3v) is 12.3. The smallest absolute Gasteiger partial charge is 0.408 e. The number of esters is 1. The maximum absolute atomic E-state index is 13.5. The van der Waals surface area contributed by atoms with Crippen molar-refractivity contribution in [2.45, 2.75) is 44.1 Å². The van der Waals surface area contributed by atoms with Crippen molar-refractivity contribution in [1.29, 1.82) is 0 Å². The van der Waals surface area contributed by atoms with Crippen LogP contribution in [0.1, 0.15) is 74.4 Å². The summed E-state index contributed by atoms with van der Waals surface area (Å²) in [6.07, 6.45) is 1.20. The summed E-state index contributed by atoms with van der Waals surface area (Å²) in [4.78, 5) is 58.3. The van der Waals surface area contributed by atoms with Gasteiger partial charge in [0.15, 0.2) is 0 Å². The Morgan fingerprint density at radius 1 is 0.818 bits per heavy atom. The molecule has 3 saturated heterocycles. The maximum atomic E-state index is 13.5. The minimum atomic E-state index is -0.917. The van der Waals surface area contributed by atoms with Crippen LogP contribution in [0.3, 0.4) is 0 Å². The number of nitrogens with zero attached hydrogens (tertiary/aromatic N) is 2. The quantitative estimate of drug-likeness (QED) is 0.0429. The number of hydrogen-bond donors (Lipinski definition) is 5. The van der Waals surface area contributed by atoms with E-state index in [0.717, 1.165) is 49.2 Å². The average Bonchev–Trinajstić information content (AvgIpc) is 3.35. The Morgan fingerprint density at radius 2 is 1.56 bits per heavy atom. The summed E-state index contributed by atoms with van der Waals surface area (Å²) < 4.78 is 17.8. The third-order valence-electron chi connectivity index (χ3n) is 12.3. The van der Waals surface area contributed by atoms with Crippen molar-refractivity contribution in [3.63, 3.8) is 0 Å². The number of nitrogens with one attached hydrogen (secondary N) is 3. The first kappa shape index (κ1) is 45.6. The Bertz CT molecular complexity index is 2640. The highest BCUT2D eigenvalue weighted by atomic mass is 16.6. The molecule has 1 unspecified atom stereocenters. The molecule has 1 aromatic heterocycles. The zero-order chi connectivity index (χ0) is 45.8. The number of H-pyrrole nitrogens is 1. The van der Waals surface area contributed by atoms with Gasteiger partial charge in [0.1, 0.15) is 30.8 Å². The molecular weight excluding hydrogens is 839 g/mol. The van der Waals surface area contributed by atoms with E-state index in [1.165, 1.54) is 12.1 Å². The number of alkyl carbamates (subject to hydrolysis) is 1. The number of carbonyl (C=O) groups excluding carboxylic acids is 3. The first-order valence-electron chi connectivity index (χ1n) is 22.5. The number of aromatic hydroxyl groups is 1. The van der Waals surface area contributed by atoms with Gasteiger partial charge < -0.3 is 44.9 Å². The topological polar surface area (TPSA) is 183 Å². The number of pyridine rings is 1. The summed E-state index contributed by atoms with van der Waals surface area (Å²) in [5.41, 5.74) is 3.94. The summed E-state index contributed by atoms with van der Waals surface area (Å²) in [5.74, 6) is 0.228. The predicted molar refractivity (Wildman–Crippen MR) is 249 cm³/mol. The van der Waals surface area contributed by atoms with Crippen LogP contribution in [0.15, 0.2) is 138 Å². The number of phenolic OH excluding ortho intramolecular Hbond substituents is 1. The predicted octanol–water partition coefficient (Wildman–Crippen LogP) is 6.74. The summed E-state index contributed by atoms with van der Waals surface area (Å²) >= 11 is 0. The van der Waals surface area contributed by atoms with Crippen molar-refractivity contribution in [3.05, 3.63) is 177 Å². The van der Waals surface area contributed by atoms with E-state index in [1.54, 1.807) is 65.6 Å². The molecule has 0 saturated carbocycles. The molecule has 66 heavy (non-hydrogen) atoms. The lowest BCUT2D eigenvalue weighted by Gasteiger charge is -2.43. The molecule has 14 heteroatoms. The lowest BCUT2D eigenvalue weighted by Crippen LogP contribution is -2.52. The molecule has 3 fully saturated rings. The van der Waals surface area contributed by atoms with Gasteiger partial charge in [-0.15, -0.1) is 0 Å². The zero-order valence-electron chi connectivity index (χ0n) is 36.6. The van der Waals surface area contributed by atoms with Crippen LogP contribution in [0, 0.1) is 5.92 Å². The Kier molecular flexibility index (Phi) is 15.0. The van der Waals surface area contributed by atoms with Crippen molar-refractivity contribution in [2.75, 3.05) is 52.4 Å². The number of piperidine rings is 3. The van der Waals surface area contributed by atoms with Crippen molar-refractivity contribution in [2.24, 2.45) is 5.92 Å². The fourth-order valence-corrected chi connectivity index (χ4v) is 8.73. The highest BCUT2D eigenvalue weighted by Crippen LogP contribution is 2.31. The second kappa shape index (κ2) is 21.8. The second-order valence-electron chi connectivity index (χ2n) is 16.8. The van der Waals surface area contributed by atoms with E-state index in [1.807, 2.05) is 60.7 Å². The molecule has 6 aromatic rings. The van der Waals surface area contributed by atoms with Gasteiger partial charge in [0.25, 0.3) is 5.91 Å². The molecule has 3 aliphatic heterocycles. The maximum Gasteiger partial charge on any atom is 0.408 e. The van der Waals surface area contributed by atoms with Crippen LogP contribution in [-0.4, -0.2) is 101 Å². The molecule has 14 nitrogen and oxygen atoms in total.